The van der Waals surface area contributed by atoms with Crippen LogP contribution in [0.25, 0.3) is 0 Å². The molecule has 1 amide bonds. The van der Waals surface area contributed by atoms with Gasteiger partial charge in [-0.2, -0.15) is 0 Å². The maximum Gasteiger partial charge on any atom is 0.305 e. The van der Waals surface area contributed by atoms with Gasteiger partial charge in [-0.3, -0.25) is 9.59 Å². The van der Waals surface area contributed by atoms with Gasteiger partial charge in [-0.1, -0.05) is 340 Å². The monoisotopic (exact) mass is 1070 g/mol. The first-order valence-electron chi connectivity index (χ1n) is 34.6. The molecule has 3 N–H and O–H groups in total. The number of nitrogens with one attached hydrogen (secondary N) is 1. The summed E-state index contributed by atoms with van der Waals surface area (Å²) in [4.78, 5) is 24.6. The second-order valence-corrected chi connectivity index (χ2v) is 23.9. The van der Waals surface area contributed by atoms with Crippen molar-refractivity contribution in [3.8, 4) is 0 Å². The Morgan fingerprint density at radius 1 is 0.368 bits per heavy atom. The Morgan fingerprint density at radius 2 is 0.658 bits per heavy atom. The van der Waals surface area contributed by atoms with E-state index in [0.717, 1.165) is 44.9 Å². The van der Waals surface area contributed by atoms with Crippen molar-refractivity contribution < 1.29 is 24.5 Å². The van der Waals surface area contributed by atoms with Crippen LogP contribution < -0.4 is 5.32 Å². The van der Waals surface area contributed by atoms with Gasteiger partial charge in [-0.25, -0.2) is 0 Å². The van der Waals surface area contributed by atoms with Crippen LogP contribution in [0.2, 0.25) is 0 Å². The molecule has 0 aromatic rings. The molecule has 0 radical (unpaired) electrons. The highest BCUT2D eigenvalue weighted by molar-refractivity contribution is 5.76. The standard InChI is InChI=1S/C70H135NO5/c1-3-5-7-9-11-13-15-17-19-20-21-25-28-31-35-38-42-46-50-54-58-62-68(73)67(66-72)71-69(74)63-59-55-51-47-43-39-36-32-29-26-23-22-24-27-30-33-37-41-45-49-53-57-61-65-76-70(75)64-60-56-52-48-44-40-34-18-16-14-12-10-8-6-4-2/h22,24,26,29,67-68,72-73H,3-21,23,25,27-28,30-66H2,1-2H3,(H,71,74)/b24-22-,29-26-. The van der Waals surface area contributed by atoms with Gasteiger partial charge in [0.2, 0.25) is 5.91 Å². The summed E-state index contributed by atoms with van der Waals surface area (Å²) in [5.41, 5.74) is 0. The van der Waals surface area contributed by atoms with Gasteiger partial charge in [-0.05, 0) is 57.8 Å². The predicted molar refractivity (Wildman–Crippen MR) is 333 cm³/mol. The van der Waals surface area contributed by atoms with E-state index < -0.39 is 12.1 Å². The van der Waals surface area contributed by atoms with Crippen LogP contribution in [0, 0.1) is 0 Å². The number of carbonyl (C=O) groups is 2. The lowest BCUT2D eigenvalue weighted by Gasteiger charge is -2.22. The molecule has 6 nitrogen and oxygen atoms in total. The first kappa shape index (κ1) is 74.3. The zero-order valence-corrected chi connectivity index (χ0v) is 51.5. The zero-order chi connectivity index (χ0) is 55.0. The minimum atomic E-state index is -0.672. The topological polar surface area (TPSA) is 95.9 Å². The van der Waals surface area contributed by atoms with Crippen molar-refractivity contribution in [3.05, 3.63) is 24.3 Å². The van der Waals surface area contributed by atoms with Crippen molar-refractivity contribution in [1.82, 2.24) is 5.32 Å². The molecular weight excluding hydrogens is 935 g/mol. The van der Waals surface area contributed by atoms with E-state index in [-0.39, 0.29) is 18.5 Å². The summed E-state index contributed by atoms with van der Waals surface area (Å²) in [6, 6.07) is -0.550. The number of esters is 1. The van der Waals surface area contributed by atoms with Crippen molar-refractivity contribution in [3.63, 3.8) is 0 Å². The van der Waals surface area contributed by atoms with E-state index in [1.165, 1.54) is 308 Å². The summed E-state index contributed by atoms with van der Waals surface area (Å²) in [5.74, 6) is -0.0305. The zero-order valence-electron chi connectivity index (χ0n) is 51.5. The van der Waals surface area contributed by atoms with E-state index in [4.69, 9.17) is 4.74 Å². The van der Waals surface area contributed by atoms with E-state index in [0.29, 0.717) is 25.9 Å². The summed E-state index contributed by atoms with van der Waals surface area (Å²) in [6.07, 6.45) is 82.1. The van der Waals surface area contributed by atoms with Gasteiger partial charge in [0.05, 0.1) is 25.4 Å². The van der Waals surface area contributed by atoms with Gasteiger partial charge in [0.15, 0.2) is 0 Å². The summed E-state index contributed by atoms with van der Waals surface area (Å²) in [7, 11) is 0. The number of carbonyl (C=O) groups excluding carboxylic acids is 2. The highest BCUT2D eigenvalue weighted by Crippen LogP contribution is 2.19. The fraction of sp³-hybridized carbons (Fsp3) is 0.914. The lowest BCUT2D eigenvalue weighted by molar-refractivity contribution is -0.143. The van der Waals surface area contributed by atoms with Gasteiger partial charge in [0, 0.05) is 12.8 Å². The van der Waals surface area contributed by atoms with E-state index in [1.54, 1.807) is 0 Å². The average molecular weight is 1070 g/mol. The van der Waals surface area contributed by atoms with Crippen LogP contribution in [0.4, 0.5) is 0 Å². The van der Waals surface area contributed by atoms with E-state index in [9.17, 15) is 19.8 Å². The Morgan fingerprint density at radius 3 is 1.00 bits per heavy atom. The Balaban J connectivity index is 3.44. The van der Waals surface area contributed by atoms with Crippen LogP contribution in [0.15, 0.2) is 24.3 Å². The Hall–Kier alpha value is -1.66. The minimum absolute atomic E-state index is 0.0108. The molecule has 2 atom stereocenters. The van der Waals surface area contributed by atoms with E-state index >= 15 is 0 Å². The predicted octanol–water partition coefficient (Wildman–Crippen LogP) is 22.1. The fourth-order valence-corrected chi connectivity index (χ4v) is 11.0. The molecule has 76 heavy (non-hydrogen) atoms. The average Bonchev–Trinajstić information content (AvgIpc) is 3.42. The van der Waals surface area contributed by atoms with Crippen LogP contribution >= 0.6 is 0 Å². The molecular formula is C70H135NO5. The molecule has 0 heterocycles. The number of aliphatic hydroxyl groups excluding tert-OH is 2. The molecule has 6 heteroatoms. The normalized spacial score (nSPS) is 12.6. The second-order valence-electron chi connectivity index (χ2n) is 23.9. The molecule has 0 aliphatic carbocycles. The third-order valence-electron chi connectivity index (χ3n) is 16.3. The molecule has 0 aliphatic rings. The number of hydrogen-bond donors (Lipinski definition) is 3. The molecule has 0 aliphatic heterocycles. The van der Waals surface area contributed by atoms with Crippen LogP contribution in [0.5, 0.6) is 0 Å². The Labute approximate surface area is 475 Å². The second kappa shape index (κ2) is 65.9. The molecule has 0 aromatic carbocycles. The van der Waals surface area contributed by atoms with Crippen molar-refractivity contribution in [1.29, 1.82) is 0 Å². The maximum atomic E-state index is 12.5. The number of amides is 1. The SMILES string of the molecule is CCCCCCCCCCCCCCCCCCCCCCCC(O)C(CO)NC(=O)CCCCCCCCC/C=C\C/C=C\CCCCCCCCCCCOC(=O)CCCCCCCCCCCCCCCCC. The third kappa shape index (κ3) is 61.6. The number of ether oxygens (including phenoxy) is 1. The highest BCUT2D eigenvalue weighted by atomic mass is 16.5. The molecule has 0 rings (SSSR count). The first-order valence-corrected chi connectivity index (χ1v) is 34.6. The fourth-order valence-electron chi connectivity index (χ4n) is 11.0. The molecule has 0 bridgehead atoms. The molecule has 2 unspecified atom stereocenters. The van der Waals surface area contributed by atoms with Crippen LogP contribution in [-0.2, 0) is 14.3 Å². The molecule has 0 fully saturated rings. The number of rotatable bonds is 65. The molecule has 0 saturated carbocycles. The Bertz CT molecular complexity index is 1190. The van der Waals surface area contributed by atoms with E-state index in [1.807, 2.05) is 0 Å². The number of aliphatic hydroxyl groups is 2. The quantitative estimate of drug-likeness (QED) is 0.0320. The minimum Gasteiger partial charge on any atom is -0.466 e. The lowest BCUT2D eigenvalue weighted by Crippen LogP contribution is -2.45. The molecule has 0 saturated heterocycles. The van der Waals surface area contributed by atoms with Gasteiger partial charge < -0.3 is 20.3 Å². The summed E-state index contributed by atoms with van der Waals surface area (Å²) >= 11 is 0. The Kier molecular flexibility index (Phi) is 64.4. The number of allylic oxidation sites excluding steroid dienone is 4. The van der Waals surface area contributed by atoms with Crippen molar-refractivity contribution in [2.24, 2.45) is 0 Å². The third-order valence-corrected chi connectivity index (χ3v) is 16.3. The first-order chi connectivity index (χ1) is 37.5. The van der Waals surface area contributed by atoms with Crippen LogP contribution in [0.1, 0.15) is 386 Å². The summed E-state index contributed by atoms with van der Waals surface area (Å²) in [6.45, 7) is 4.98. The van der Waals surface area contributed by atoms with Crippen molar-refractivity contribution in [2.45, 2.75) is 398 Å². The maximum absolute atomic E-state index is 12.5. The van der Waals surface area contributed by atoms with E-state index in [2.05, 4.69) is 43.5 Å². The van der Waals surface area contributed by atoms with Crippen LogP contribution in [0.3, 0.4) is 0 Å². The highest BCUT2D eigenvalue weighted by Gasteiger charge is 2.20. The van der Waals surface area contributed by atoms with Crippen LogP contribution in [-0.4, -0.2) is 47.4 Å². The smallest absolute Gasteiger partial charge is 0.305 e. The summed E-state index contributed by atoms with van der Waals surface area (Å²) < 4.78 is 5.49. The molecule has 450 valence electrons. The molecule has 0 aromatic heterocycles. The number of hydrogen-bond acceptors (Lipinski definition) is 5. The van der Waals surface area contributed by atoms with Gasteiger partial charge in [-0.15, -0.1) is 0 Å². The number of unbranched alkanes of at least 4 members (excludes halogenated alkanes) is 50. The largest absolute Gasteiger partial charge is 0.466 e. The lowest BCUT2D eigenvalue weighted by atomic mass is 10.0. The van der Waals surface area contributed by atoms with Gasteiger partial charge >= 0.3 is 5.97 Å². The van der Waals surface area contributed by atoms with Crippen molar-refractivity contribution in [2.75, 3.05) is 13.2 Å². The van der Waals surface area contributed by atoms with Crippen molar-refractivity contribution >= 4 is 11.9 Å². The van der Waals surface area contributed by atoms with Gasteiger partial charge in [0.25, 0.3) is 0 Å². The molecule has 0 spiro atoms. The van der Waals surface area contributed by atoms with Gasteiger partial charge in [0.1, 0.15) is 0 Å². The summed E-state index contributed by atoms with van der Waals surface area (Å²) in [5, 5.41) is 23.4.